The second-order valence-electron chi connectivity index (χ2n) is 6.71. The van der Waals surface area contributed by atoms with Crippen molar-refractivity contribution in [3.8, 4) is 5.75 Å². The minimum atomic E-state index is -0.329. The van der Waals surface area contributed by atoms with Crippen LogP contribution in [0, 0.1) is 20.8 Å². The van der Waals surface area contributed by atoms with Crippen molar-refractivity contribution in [2.24, 2.45) is 0 Å². The van der Waals surface area contributed by atoms with Crippen LogP contribution in [-0.4, -0.2) is 25.1 Å². The maximum Gasteiger partial charge on any atom is 0.246 e. The molecule has 0 saturated heterocycles. The molecule has 1 atom stereocenters. The fourth-order valence-electron chi connectivity index (χ4n) is 3.40. The van der Waals surface area contributed by atoms with Crippen LogP contribution in [0.25, 0.3) is 0 Å². The number of aryl methyl sites for hydroxylation is 3. The molecule has 0 saturated carbocycles. The van der Waals surface area contributed by atoms with Gasteiger partial charge in [-0.1, -0.05) is 17.7 Å². The number of nitrogens with zero attached hydrogens (tertiary/aromatic N) is 1. The standard InChI is InChI=1S/C20H25N3O2/c1-12-9-13(2)19(14(3)10-12)22-20(24)15(4)23-7-8-25-18-6-5-16(21)11-17(18)23/h5-6,9-11,15H,7-8,21H2,1-4H3,(H,22,24). The minimum Gasteiger partial charge on any atom is -0.490 e. The van der Waals surface area contributed by atoms with Crippen LogP contribution < -0.4 is 20.7 Å². The second kappa shape index (κ2) is 6.67. The van der Waals surface area contributed by atoms with Gasteiger partial charge < -0.3 is 20.7 Å². The van der Waals surface area contributed by atoms with Crippen molar-refractivity contribution in [2.45, 2.75) is 33.7 Å². The molecule has 3 rings (SSSR count). The Kier molecular flexibility index (Phi) is 4.57. The summed E-state index contributed by atoms with van der Waals surface area (Å²) in [6.45, 7) is 9.21. The van der Waals surface area contributed by atoms with Crippen LogP contribution in [0.15, 0.2) is 30.3 Å². The van der Waals surface area contributed by atoms with Gasteiger partial charge >= 0.3 is 0 Å². The van der Waals surface area contributed by atoms with Crippen LogP contribution in [0.1, 0.15) is 23.6 Å². The number of rotatable bonds is 3. The third-order valence-corrected chi connectivity index (χ3v) is 4.65. The highest BCUT2D eigenvalue weighted by Gasteiger charge is 2.27. The van der Waals surface area contributed by atoms with E-state index in [4.69, 9.17) is 10.5 Å². The SMILES string of the molecule is Cc1cc(C)c(NC(=O)C(C)N2CCOc3ccc(N)cc32)c(C)c1. The van der Waals surface area contributed by atoms with Crippen molar-refractivity contribution in [1.29, 1.82) is 0 Å². The highest BCUT2D eigenvalue weighted by molar-refractivity contribution is 5.98. The Hall–Kier alpha value is -2.69. The number of amides is 1. The lowest BCUT2D eigenvalue weighted by Gasteiger charge is -2.35. The Balaban J connectivity index is 1.84. The van der Waals surface area contributed by atoms with Crippen LogP contribution >= 0.6 is 0 Å². The van der Waals surface area contributed by atoms with Gasteiger partial charge in [0.15, 0.2) is 0 Å². The van der Waals surface area contributed by atoms with Crippen LogP contribution in [0.3, 0.4) is 0 Å². The molecule has 5 heteroatoms. The lowest BCUT2D eigenvalue weighted by Crippen LogP contribution is -2.46. The van der Waals surface area contributed by atoms with E-state index < -0.39 is 0 Å². The van der Waals surface area contributed by atoms with Crippen molar-refractivity contribution in [3.05, 3.63) is 47.0 Å². The summed E-state index contributed by atoms with van der Waals surface area (Å²) in [5, 5.41) is 3.10. The van der Waals surface area contributed by atoms with E-state index in [0.717, 1.165) is 28.3 Å². The van der Waals surface area contributed by atoms with Gasteiger partial charge in [0.05, 0.1) is 12.2 Å². The lowest BCUT2D eigenvalue weighted by molar-refractivity contribution is -0.117. The predicted molar refractivity (Wildman–Crippen MR) is 102 cm³/mol. The van der Waals surface area contributed by atoms with Gasteiger partial charge in [-0.25, -0.2) is 0 Å². The number of benzene rings is 2. The molecule has 25 heavy (non-hydrogen) atoms. The zero-order chi connectivity index (χ0) is 18.1. The van der Waals surface area contributed by atoms with Gasteiger partial charge in [-0.05, 0) is 57.0 Å². The molecule has 2 aromatic carbocycles. The van der Waals surface area contributed by atoms with Crippen molar-refractivity contribution in [2.75, 3.05) is 29.1 Å². The summed E-state index contributed by atoms with van der Waals surface area (Å²) >= 11 is 0. The molecule has 3 N–H and O–H groups in total. The van der Waals surface area contributed by atoms with Crippen molar-refractivity contribution in [3.63, 3.8) is 0 Å². The molecule has 1 heterocycles. The molecule has 132 valence electrons. The number of carbonyl (C=O) groups is 1. The van der Waals surface area contributed by atoms with Crippen LogP contribution in [0.5, 0.6) is 5.75 Å². The summed E-state index contributed by atoms with van der Waals surface area (Å²) in [5.74, 6) is 0.730. The van der Waals surface area contributed by atoms with E-state index in [1.54, 1.807) is 0 Å². The average Bonchev–Trinajstić information content (AvgIpc) is 2.56. The number of nitrogen functional groups attached to an aromatic ring is 1. The van der Waals surface area contributed by atoms with Gasteiger partial charge in [0.1, 0.15) is 18.4 Å². The number of hydrogen-bond acceptors (Lipinski definition) is 4. The minimum absolute atomic E-state index is 0.0367. The van der Waals surface area contributed by atoms with Gasteiger partial charge in [-0.3, -0.25) is 4.79 Å². The molecule has 0 aromatic heterocycles. The summed E-state index contributed by atoms with van der Waals surface area (Å²) in [6, 6.07) is 9.36. The second-order valence-corrected chi connectivity index (χ2v) is 6.71. The molecule has 2 aromatic rings. The van der Waals surface area contributed by atoms with Crippen molar-refractivity contribution in [1.82, 2.24) is 0 Å². The number of hydrogen-bond donors (Lipinski definition) is 2. The van der Waals surface area contributed by atoms with E-state index >= 15 is 0 Å². The molecule has 0 spiro atoms. The third-order valence-electron chi connectivity index (χ3n) is 4.65. The topological polar surface area (TPSA) is 67.6 Å². The normalized spacial score (nSPS) is 14.5. The molecule has 0 bridgehead atoms. The van der Waals surface area contributed by atoms with Gasteiger partial charge in [0.25, 0.3) is 0 Å². The Morgan fingerprint density at radius 1 is 1.20 bits per heavy atom. The summed E-state index contributed by atoms with van der Waals surface area (Å²) in [7, 11) is 0. The Morgan fingerprint density at radius 2 is 1.88 bits per heavy atom. The average molecular weight is 339 g/mol. The zero-order valence-corrected chi connectivity index (χ0v) is 15.2. The van der Waals surface area contributed by atoms with E-state index in [0.29, 0.717) is 18.8 Å². The van der Waals surface area contributed by atoms with Crippen LogP contribution in [-0.2, 0) is 4.79 Å². The predicted octanol–water partition coefficient (Wildman–Crippen LogP) is 3.42. The largest absolute Gasteiger partial charge is 0.490 e. The first kappa shape index (κ1) is 17.1. The van der Waals surface area contributed by atoms with E-state index in [1.807, 2.05) is 43.9 Å². The smallest absolute Gasteiger partial charge is 0.246 e. The fourth-order valence-corrected chi connectivity index (χ4v) is 3.40. The van der Waals surface area contributed by atoms with Crippen molar-refractivity contribution >= 4 is 23.0 Å². The Morgan fingerprint density at radius 3 is 2.56 bits per heavy atom. The lowest BCUT2D eigenvalue weighted by atomic mass is 10.0. The highest BCUT2D eigenvalue weighted by atomic mass is 16.5. The first-order chi connectivity index (χ1) is 11.9. The molecule has 1 aliphatic heterocycles. The number of nitrogens with one attached hydrogen (secondary N) is 1. The number of fused-ring (bicyclic) bond motifs is 1. The molecule has 0 fully saturated rings. The number of ether oxygens (including phenoxy) is 1. The molecule has 5 nitrogen and oxygen atoms in total. The molecule has 0 aliphatic carbocycles. The Labute approximate surface area is 148 Å². The summed E-state index contributed by atoms with van der Waals surface area (Å²) in [6.07, 6.45) is 0. The molecule has 1 unspecified atom stereocenters. The molecule has 1 amide bonds. The van der Waals surface area contributed by atoms with Gasteiger partial charge in [0.2, 0.25) is 5.91 Å². The van der Waals surface area contributed by atoms with Crippen molar-refractivity contribution < 1.29 is 9.53 Å². The number of carbonyl (C=O) groups excluding carboxylic acids is 1. The quantitative estimate of drug-likeness (QED) is 0.841. The van der Waals surface area contributed by atoms with Gasteiger partial charge in [-0.15, -0.1) is 0 Å². The van der Waals surface area contributed by atoms with Gasteiger partial charge in [0, 0.05) is 11.4 Å². The van der Waals surface area contributed by atoms with E-state index in [2.05, 4.69) is 24.4 Å². The molecule has 0 radical (unpaired) electrons. The Bertz CT molecular complexity index is 794. The first-order valence-corrected chi connectivity index (χ1v) is 8.54. The molecular weight excluding hydrogens is 314 g/mol. The fraction of sp³-hybridized carbons (Fsp3) is 0.350. The summed E-state index contributed by atoms with van der Waals surface area (Å²) < 4.78 is 5.68. The number of anilines is 3. The monoisotopic (exact) mass is 339 g/mol. The summed E-state index contributed by atoms with van der Waals surface area (Å²) in [4.78, 5) is 14.9. The van der Waals surface area contributed by atoms with E-state index in [1.165, 1.54) is 5.56 Å². The van der Waals surface area contributed by atoms with Crippen LogP contribution in [0.2, 0.25) is 0 Å². The molecule has 1 aliphatic rings. The van der Waals surface area contributed by atoms with E-state index in [-0.39, 0.29) is 11.9 Å². The third kappa shape index (κ3) is 3.40. The van der Waals surface area contributed by atoms with E-state index in [9.17, 15) is 4.79 Å². The zero-order valence-electron chi connectivity index (χ0n) is 15.2. The summed E-state index contributed by atoms with van der Waals surface area (Å²) in [5.41, 5.74) is 11.7. The maximum absolute atomic E-state index is 12.9. The van der Waals surface area contributed by atoms with Gasteiger partial charge in [-0.2, -0.15) is 0 Å². The maximum atomic E-state index is 12.9. The van der Waals surface area contributed by atoms with Crippen LogP contribution in [0.4, 0.5) is 17.1 Å². The number of nitrogens with two attached hydrogens (primary N) is 1. The highest BCUT2D eigenvalue weighted by Crippen LogP contribution is 2.34. The first-order valence-electron chi connectivity index (χ1n) is 8.54. The molecular formula is C20H25N3O2.